The normalized spacial score (nSPS) is 13.4. The SMILES string of the molecule is COc1cc2oc3c(c2cc1/C(C)=C/C(=O)Nc1cc(OC)c(OC)c(OC)c1)CCCC3. The average Bonchev–Trinajstić information content (AvgIpc) is 3.19. The molecule has 1 heterocycles. The van der Waals surface area contributed by atoms with Gasteiger partial charge in [0.25, 0.3) is 0 Å². The van der Waals surface area contributed by atoms with Crippen LogP contribution in [0.3, 0.4) is 0 Å². The van der Waals surface area contributed by atoms with Crippen molar-refractivity contribution in [1.82, 2.24) is 0 Å². The van der Waals surface area contributed by atoms with Crippen molar-refractivity contribution in [3.63, 3.8) is 0 Å². The van der Waals surface area contributed by atoms with Crippen LogP contribution in [0, 0.1) is 0 Å². The molecule has 1 aliphatic rings. The van der Waals surface area contributed by atoms with E-state index >= 15 is 0 Å². The van der Waals surface area contributed by atoms with Crippen molar-refractivity contribution >= 4 is 28.1 Å². The van der Waals surface area contributed by atoms with Gasteiger partial charge in [-0.05, 0) is 37.8 Å². The number of allylic oxidation sites excluding steroid dienone is 1. The Kier molecular flexibility index (Phi) is 6.49. The molecule has 174 valence electrons. The Balaban J connectivity index is 1.65. The van der Waals surface area contributed by atoms with Gasteiger partial charge in [0.15, 0.2) is 11.5 Å². The lowest BCUT2D eigenvalue weighted by Crippen LogP contribution is -2.09. The first kappa shape index (κ1) is 22.6. The molecule has 1 amide bonds. The maximum Gasteiger partial charge on any atom is 0.248 e. The summed E-state index contributed by atoms with van der Waals surface area (Å²) in [5.74, 6) is 2.85. The number of nitrogens with one attached hydrogen (secondary N) is 1. The number of furan rings is 1. The van der Waals surface area contributed by atoms with E-state index < -0.39 is 0 Å². The Bertz CT molecular complexity index is 1200. The van der Waals surface area contributed by atoms with Gasteiger partial charge in [-0.15, -0.1) is 0 Å². The van der Waals surface area contributed by atoms with Crippen molar-refractivity contribution in [2.45, 2.75) is 32.6 Å². The Morgan fingerprint density at radius 1 is 0.909 bits per heavy atom. The molecule has 7 heteroatoms. The Labute approximate surface area is 193 Å². The molecule has 4 rings (SSSR count). The topological polar surface area (TPSA) is 79.2 Å². The Morgan fingerprint density at radius 3 is 2.21 bits per heavy atom. The van der Waals surface area contributed by atoms with E-state index in [-0.39, 0.29) is 5.91 Å². The minimum Gasteiger partial charge on any atom is -0.496 e. The van der Waals surface area contributed by atoms with Gasteiger partial charge >= 0.3 is 0 Å². The van der Waals surface area contributed by atoms with Crippen LogP contribution in [0.15, 0.2) is 34.8 Å². The minimum atomic E-state index is -0.279. The summed E-state index contributed by atoms with van der Waals surface area (Å²) in [5, 5.41) is 3.97. The van der Waals surface area contributed by atoms with Gasteiger partial charge in [-0.3, -0.25) is 4.79 Å². The van der Waals surface area contributed by atoms with E-state index in [1.807, 2.05) is 13.0 Å². The van der Waals surface area contributed by atoms with E-state index in [2.05, 4.69) is 11.4 Å². The zero-order chi connectivity index (χ0) is 23.5. The average molecular weight is 452 g/mol. The summed E-state index contributed by atoms with van der Waals surface area (Å²) < 4.78 is 27.8. The third-order valence-corrected chi connectivity index (χ3v) is 5.98. The first-order chi connectivity index (χ1) is 16.0. The van der Waals surface area contributed by atoms with Crippen LogP contribution < -0.4 is 24.3 Å². The number of fused-ring (bicyclic) bond motifs is 3. The highest BCUT2D eigenvalue weighted by Gasteiger charge is 2.20. The molecule has 0 saturated heterocycles. The molecule has 0 saturated carbocycles. The maximum atomic E-state index is 12.8. The van der Waals surface area contributed by atoms with Crippen LogP contribution in [-0.2, 0) is 17.6 Å². The Morgan fingerprint density at radius 2 is 1.58 bits per heavy atom. The van der Waals surface area contributed by atoms with Gasteiger partial charge in [0.1, 0.15) is 17.1 Å². The largest absolute Gasteiger partial charge is 0.496 e. The fraction of sp³-hybridized carbons (Fsp3) is 0.346. The van der Waals surface area contributed by atoms with Crippen LogP contribution in [-0.4, -0.2) is 34.3 Å². The van der Waals surface area contributed by atoms with Crippen LogP contribution in [0.4, 0.5) is 5.69 Å². The molecule has 1 aromatic heterocycles. The molecule has 1 N–H and O–H groups in total. The van der Waals surface area contributed by atoms with Gasteiger partial charge in [-0.2, -0.15) is 0 Å². The van der Waals surface area contributed by atoms with Crippen molar-refractivity contribution in [2.24, 2.45) is 0 Å². The molecule has 0 bridgehead atoms. The zero-order valence-corrected chi connectivity index (χ0v) is 19.7. The lowest BCUT2D eigenvalue weighted by Gasteiger charge is -2.14. The molecular formula is C26H29NO6. The second-order valence-electron chi connectivity index (χ2n) is 7.99. The predicted octanol–water partition coefficient (Wildman–Crippen LogP) is 5.39. The molecule has 3 aromatic rings. The molecule has 0 spiro atoms. The first-order valence-corrected chi connectivity index (χ1v) is 10.9. The van der Waals surface area contributed by atoms with Crippen molar-refractivity contribution < 1.29 is 28.2 Å². The summed E-state index contributed by atoms with van der Waals surface area (Å²) in [6.07, 6.45) is 5.84. The number of rotatable bonds is 7. The minimum absolute atomic E-state index is 0.279. The molecule has 33 heavy (non-hydrogen) atoms. The summed E-state index contributed by atoms with van der Waals surface area (Å²) >= 11 is 0. The number of hydrogen-bond donors (Lipinski definition) is 1. The molecule has 1 aliphatic carbocycles. The Hall–Kier alpha value is -3.61. The van der Waals surface area contributed by atoms with Gasteiger partial charge in [0.05, 0.1) is 28.4 Å². The summed E-state index contributed by atoms with van der Waals surface area (Å²) in [7, 11) is 6.22. The van der Waals surface area contributed by atoms with E-state index in [1.165, 1.54) is 26.9 Å². The van der Waals surface area contributed by atoms with Crippen molar-refractivity contribution in [3.8, 4) is 23.0 Å². The monoisotopic (exact) mass is 451 g/mol. The zero-order valence-electron chi connectivity index (χ0n) is 19.7. The van der Waals surface area contributed by atoms with Gasteiger partial charge in [0, 0.05) is 52.9 Å². The first-order valence-electron chi connectivity index (χ1n) is 10.9. The fourth-order valence-corrected chi connectivity index (χ4v) is 4.37. The number of hydrogen-bond acceptors (Lipinski definition) is 6. The second-order valence-corrected chi connectivity index (χ2v) is 7.99. The van der Waals surface area contributed by atoms with Crippen molar-refractivity contribution in [2.75, 3.05) is 33.8 Å². The van der Waals surface area contributed by atoms with Crippen LogP contribution in [0.1, 0.15) is 36.7 Å². The maximum absolute atomic E-state index is 12.8. The van der Waals surface area contributed by atoms with E-state index in [0.29, 0.717) is 28.7 Å². The highest BCUT2D eigenvalue weighted by Crippen LogP contribution is 2.40. The predicted molar refractivity (Wildman–Crippen MR) is 128 cm³/mol. The number of ether oxygens (including phenoxy) is 4. The molecule has 0 unspecified atom stereocenters. The van der Waals surface area contributed by atoms with Crippen molar-refractivity contribution in [3.05, 3.63) is 47.2 Å². The lowest BCUT2D eigenvalue weighted by molar-refractivity contribution is -0.111. The highest BCUT2D eigenvalue weighted by atomic mass is 16.5. The number of carbonyl (C=O) groups excluding carboxylic acids is 1. The van der Waals surface area contributed by atoms with E-state index in [1.54, 1.807) is 25.3 Å². The smallest absolute Gasteiger partial charge is 0.248 e. The lowest BCUT2D eigenvalue weighted by atomic mass is 9.94. The quantitative estimate of drug-likeness (QED) is 0.486. The van der Waals surface area contributed by atoms with Gasteiger partial charge in [-0.1, -0.05) is 0 Å². The second kappa shape index (κ2) is 9.48. The van der Waals surface area contributed by atoms with E-state index in [0.717, 1.165) is 53.5 Å². The molecule has 2 aromatic carbocycles. The molecule has 0 atom stereocenters. The van der Waals surface area contributed by atoms with E-state index in [9.17, 15) is 4.79 Å². The van der Waals surface area contributed by atoms with Crippen molar-refractivity contribution in [1.29, 1.82) is 0 Å². The summed E-state index contributed by atoms with van der Waals surface area (Å²) in [4.78, 5) is 12.8. The van der Waals surface area contributed by atoms with Crippen LogP contribution >= 0.6 is 0 Å². The summed E-state index contributed by atoms with van der Waals surface area (Å²) in [6.45, 7) is 1.89. The van der Waals surface area contributed by atoms with Crippen LogP contribution in [0.2, 0.25) is 0 Å². The number of methoxy groups -OCH3 is 4. The number of carbonyl (C=O) groups is 1. The summed E-state index contributed by atoms with van der Waals surface area (Å²) in [5.41, 5.74) is 4.28. The van der Waals surface area contributed by atoms with Gasteiger partial charge in [-0.25, -0.2) is 0 Å². The molecule has 7 nitrogen and oxygen atoms in total. The van der Waals surface area contributed by atoms with Gasteiger partial charge < -0.3 is 28.7 Å². The molecule has 0 radical (unpaired) electrons. The van der Waals surface area contributed by atoms with E-state index in [4.69, 9.17) is 23.4 Å². The molecule has 0 fully saturated rings. The third kappa shape index (κ3) is 4.35. The highest BCUT2D eigenvalue weighted by molar-refractivity contribution is 6.05. The molecule has 0 aliphatic heterocycles. The van der Waals surface area contributed by atoms with Gasteiger partial charge in [0.2, 0.25) is 11.7 Å². The van der Waals surface area contributed by atoms with Crippen LogP contribution in [0.25, 0.3) is 16.5 Å². The summed E-state index contributed by atoms with van der Waals surface area (Å²) in [6, 6.07) is 7.36. The number of amides is 1. The number of anilines is 1. The molecular weight excluding hydrogens is 422 g/mol. The van der Waals surface area contributed by atoms with Crippen LogP contribution in [0.5, 0.6) is 23.0 Å². The fourth-order valence-electron chi connectivity index (χ4n) is 4.37. The third-order valence-electron chi connectivity index (χ3n) is 5.98. The number of aryl methyl sites for hydroxylation is 2. The standard InChI is InChI=1S/C26H29NO6/c1-15(10-25(28)27-16-11-23(30-3)26(32-5)24(12-16)31-4)18-13-19-17-8-6-7-9-20(17)33-22(19)14-21(18)29-2/h10-14H,6-9H2,1-5H3,(H,27,28)/b15-10+. The number of benzene rings is 2.